The highest BCUT2D eigenvalue weighted by molar-refractivity contribution is 7.09. The summed E-state index contributed by atoms with van der Waals surface area (Å²) in [5.41, 5.74) is 0.526. The minimum Gasteiger partial charge on any atom is -0.486 e. The summed E-state index contributed by atoms with van der Waals surface area (Å²) in [6.45, 7) is 1.32. The Balaban J connectivity index is 1.61. The monoisotopic (exact) mass is 419 g/mol. The molecule has 0 fully saturated rings. The molecule has 30 heavy (non-hydrogen) atoms. The van der Waals surface area contributed by atoms with Gasteiger partial charge in [0, 0.05) is 22.0 Å². The summed E-state index contributed by atoms with van der Waals surface area (Å²) in [6.07, 6.45) is 0. The van der Waals surface area contributed by atoms with Crippen LogP contribution in [0.2, 0.25) is 0 Å². The number of thiophene rings is 1. The van der Waals surface area contributed by atoms with E-state index >= 15 is 0 Å². The molecule has 0 unspecified atom stereocenters. The normalized spacial score (nSPS) is 12.7. The number of ether oxygens (including phenoxy) is 2. The number of fused-ring (bicyclic) bond motifs is 2. The van der Waals surface area contributed by atoms with Gasteiger partial charge in [0.15, 0.2) is 17.2 Å². The van der Waals surface area contributed by atoms with Crippen LogP contribution in [-0.2, 0) is 6.54 Å². The summed E-state index contributed by atoms with van der Waals surface area (Å²) in [4.78, 5) is 28.4. The number of aromatic amines is 1. The fourth-order valence-corrected chi connectivity index (χ4v) is 4.14. The maximum Gasteiger partial charge on any atom is 0.279 e. The van der Waals surface area contributed by atoms with Gasteiger partial charge in [0.2, 0.25) is 0 Å². The molecule has 1 N–H and O–H groups in total. The smallest absolute Gasteiger partial charge is 0.279 e. The average molecular weight is 419 g/mol. The first-order valence-corrected chi connectivity index (χ1v) is 10.3. The Labute approximate surface area is 175 Å². The highest BCUT2D eigenvalue weighted by atomic mass is 32.1. The summed E-state index contributed by atoms with van der Waals surface area (Å²) < 4.78 is 11.3. The van der Waals surface area contributed by atoms with Crippen LogP contribution in [0.5, 0.6) is 11.5 Å². The van der Waals surface area contributed by atoms with Crippen molar-refractivity contribution in [3.8, 4) is 11.5 Å². The molecule has 8 heteroatoms. The Morgan fingerprint density at radius 1 is 1.03 bits per heavy atom. The van der Waals surface area contributed by atoms with Crippen LogP contribution in [0.1, 0.15) is 15.4 Å². The minimum atomic E-state index is -0.328. The van der Waals surface area contributed by atoms with Crippen molar-refractivity contribution in [2.75, 3.05) is 18.1 Å². The SMILES string of the molecule is O=C(c1n[nH]c(=O)c2ccccc12)N(Cc1cccs1)c1ccc2c(c1)OCCO2. The van der Waals surface area contributed by atoms with Gasteiger partial charge in [0.05, 0.1) is 11.9 Å². The first-order chi connectivity index (χ1) is 14.7. The Kier molecular flexibility index (Phi) is 4.68. The molecule has 3 heterocycles. The largest absolute Gasteiger partial charge is 0.486 e. The summed E-state index contributed by atoms with van der Waals surface area (Å²) in [5, 5.41) is 9.44. The molecule has 0 bridgehead atoms. The number of anilines is 1. The first kappa shape index (κ1) is 18.4. The molecule has 5 rings (SSSR count). The number of amides is 1. The number of nitrogens with one attached hydrogen (secondary N) is 1. The molecule has 4 aromatic rings. The second-order valence-corrected chi connectivity index (χ2v) is 7.78. The van der Waals surface area contributed by atoms with Crippen LogP contribution in [-0.4, -0.2) is 29.3 Å². The van der Waals surface area contributed by atoms with Crippen LogP contribution in [0.25, 0.3) is 10.8 Å². The molecular weight excluding hydrogens is 402 g/mol. The number of hydrogen-bond acceptors (Lipinski definition) is 6. The van der Waals surface area contributed by atoms with Gasteiger partial charge in [-0.1, -0.05) is 24.3 Å². The lowest BCUT2D eigenvalue weighted by molar-refractivity contribution is 0.0981. The number of hydrogen-bond donors (Lipinski definition) is 1. The molecule has 2 aromatic heterocycles. The van der Waals surface area contributed by atoms with Crippen LogP contribution < -0.4 is 19.9 Å². The minimum absolute atomic E-state index is 0.191. The van der Waals surface area contributed by atoms with E-state index in [0.29, 0.717) is 47.7 Å². The zero-order valence-electron chi connectivity index (χ0n) is 15.8. The first-order valence-electron chi connectivity index (χ1n) is 9.42. The van der Waals surface area contributed by atoms with Crippen LogP contribution in [0.3, 0.4) is 0 Å². The number of aromatic nitrogens is 2. The van der Waals surface area contributed by atoms with Crippen molar-refractivity contribution in [3.05, 3.63) is 80.9 Å². The molecule has 1 amide bonds. The van der Waals surface area contributed by atoms with Crippen molar-refractivity contribution < 1.29 is 14.3 Å². The average Bonchev–Trinajstić information content (AvgIpc) is 3.31. The molecule has 2 aromatic carbocycles. The Bertz CT molecular complexity index is 1280. The Morgan fingerprint density at radius 2 is 1.83 bits per heavy atom. The van der Waals surface area contributed by atoms with Gasteiger partial charge in [0.1, 0.15) is 13.2 Å². The van der Waals surface area contributed by atoms with Crippen molar-refractivity contribution in [2.45, 2.75) is 6.54 Å². The molecule has 1 aliphatic rings. The van der Waals surface area contributed by atoms with E-state index in [0.717, 1.165) is 4.88 Å². The maximum absolute atomic E-state index is 13.6. The molecule has 0 saturated heterocycles. The lowest BCUT2D eigenvalue weighted by Crippen LogP contribution is -2.32. The number of carbonyl (C=O) groups excluding carboxylic acids is 1. The van der Waals surface area contributed by atoms with Crippen LogP contribution in [0.15, 0.2) is 64.8 Å². The van der Waals surface area contributed by atoms with Gasteiger partial charge in [-0.2, -0.15) is 5.10 Å². The number of benzene rings is 2. The number of carbonyl (C=O) groups is 1. The van der Waals surface area contributed by atoms with E-state index in [-0.39, 0.29) is 17.2 Å². The number of H-pyrrole nitrogens is 1. The molecular formula is C22H17N3O4S. The van der Waals surface area contributed by atoms with E-state index in [1.165, 1.54) is 0 Å². The van der Waals surface area contributed by atoms with Gasteiger partial charge < -0.3 is 14.4 Å². The Morgan fingerprint density at radius 3 is 2.63 bits per heavy atom. The highest BCUT2D eigenvalue weighted by Crippen LogP contribution is 2.35. The maximum atomic E-state index is 13.6. The molecule has 0 spiro atoms. The summed E-state index contributed by atoms with van der Waals surface area (Å²) in [7, 11) is 0. The van der Waals surface area contributed by atoms with Gasteiger partial charge in [-0.15, -0.1) is 11.3 Å². The lowest BCUT2D eigenvalue weighted by Gasteiger charge is -2.25. The van der Waals surface area contributed by atoms with Gasteiger partial charge >= 0.3 is 0 Å². The second kappa shape index (κ2) is 7.64. The molecule has 7 nitrogen and oxygen atoms in total. The van der Waals surface area contributed by atoms with Crippen LogP contribution >= 0.6 is 11.3 Å². The predicted molar refractivity (Wildman–Crippen MR) is 115 cm³/mol. The quantitative estimate of drug-likeness (QED) is 0.546. The fourth-order valence-electron chi connectivity index (χ4n) is 3.44. The zero-order chi connectivity index (χ0) is 20.5. The third-order valence-corrected chi connectivity index (χ3v) is 5.74. The standard InChI is InChI=1S/C22H17N3O4S/c26-21-17-6-2-1-5-16(17)20(23-24-21)22(27)25(13-15-4-3-11-30-15)14-7-8-18-19(12-14)29-10-9-28-18/h1-8,11-12H,9-10,13H2,(H,24,26). The van der Waals surface area contributed by atoms with Gasteiger partial charge in [-0.3, -0.25) is 9.59 Å². The second-order valence-electron chi connectivity index (χ2n) is 6.75. The summed E-state index contributed by atoms with van der Waals surface area (Å²) >= 11 is 1.57. The van der Waals surface area contributed by atoms with Gasteiger partial charge in [-0.05, 0) is 29.6 Å². The third kappa shape index (κ3) is 3.31. The van der Waals surface area contributed by atoms with Crippen molar-refractivity contribution >= 4 is 33.7 Å². The molecule has 150 valence electrons. The fraction of sp³-hybridized carbons (Fsp3) is 0.136. The van der Waals surface area contributed by atoms with Crippen LogP contribution in [0.4, 0.5) is 5.69 Å². The van der Waals surface area contributed by atoms with Crippen molar-refractivity contribution in [1.82, 2.24) is 10.2 Å². The van der Waals surface area contributed by atoms with E-state index in [1.807, 2.05) is 23.6 Å². The molecule has 0 aliphatic carbocycles. The predicted octanol–water partition coefficient (Wildman–Crippen LogP) is 3.60. The van der Waals surface area contributed by atoms with Gasteiger partial charge in [0.25, 0.3) is 11.5 Å². The summed E-state index contributed by atoms with van der Waals surface area (Å²) in [6, 6.07) is 16.3. The Hall–Kier alpha value is -3.65. The zero-order valence-corrected chi connectivity index (χ0v) is 16.6. The van der Waals surface area contributed by atoms with E-state index in [2.05, 4.69) is 10.2 Å². The van der Waals surface area contributed by atoms with Crippen molar-refractivity contribution in [1.29, 1.82) is 0 Å². The third-order valence-electron chi connectivity index (χ3n) is 4.88. The van der Waals surface area contributed by atoms with Gasteiger partial charge in [-0.25, -0.2) is 5.10 Å². The summed E-state index contributed by atoms with van der Waals surface area (Å²) in [5.74, 6) is 0.940. The topological polar surface area (TPSA) is 84.5 Å². The van der Waals surface area contributed by atoms with E-state index in [9.17, 15) is 9.59 Å². The van der Waals surface area contributed by atoms with Crippen LogP contribution in [0, 0.1) is 0 Å². The highest BCUT2D eigenvalue weighted by Gasteiger charge is 2.24. The van der Waals surface area contributed by atoms with Crippen molar-refractivity contribution in [3.63, 3.8) is 0 Å². The lowest BCUT2D eigenvalue weighted by atomic mass is 10.1. The molecule has 0 radical (unpaired) electrons. The van der Waals surface area contributed by atoms with E-state index in [4.69, 9.17) is 9.47 Å². The number of nitrogens with zero attached hydrogens (tertiary/aromatic N) is 2. The van der Waals surface area contributed by atoms with Crippen molar-refractivity contribution in [2.24, 2.45) is 0 Å². The molecule has 0 saturated carbocycles. The van der Waals surface area contributed by atoms with E-state index in [1.54, 1.807) is 52.6 Å². The molecule has 0 atom stereocenters. The van der Waals surface area contributed by atoms with E-state index < -0.39 is 0 Å². The number of rotatable bonds is 4. The molecule has 1 aliphatic heterocycles.